The van der Waals surface area contributed by atoms with E-state index in [-0.39, 0.29) is 4.45 Å². The average Bonchev–Trinajstić information content (AvgIpc) is 2.03. The molecule has 0 amide bonds. The molecule has 0 aromatic heterocycles. The Morgan fingerprint density at radius 1 is 1.62 bits per heavy atom. The van der Waals surface area contributed by atoms with E-state index in [9.17, 15) is 4.79 Å². The number of thioether (sulfide) groups is 1. The first-order valence-electron chi connectivity index (χ1n) is 3.52. The topological polar surface area (TPSA) is 43.1 Å². The fraction of sp³-hybridized carbons (Fsp3) is 0.125. The van der Waals surface area contributed by atoms with Gasteiger partial charge in [0.1, 0.15) is 0 Å². The molecule has 13 heavy (non-hydrogen) atoms. The SMILES string of the molecule is NCc1ccc(SC(=O)S)cc1Cl. The maximum absolute atomic E-state index is 10.6. The lowest BCUT2D eigenvalue weighted by molar-refractivity contribution is 0.277. The Hall–Kier alpha value is -0.160. The van der Waals surface area contributed by atoms with Gasteiger partial charge in [-0.05, 0) is 29.5 Å². The second-order valence-corrected chi connectivity index (χ2v) is 4.49. The van der Waals surface area contributed by atoms with Crippen molar-refractivity contribution in [1.29, 1.82) is 0 Å². The van der Waals surface area contributed by atoms with Crippen LogP contribution in [0.5, 0.6) is 0 Å². The van der Waals surface area contributed by atoms with E-state index in [0.29, 0.717) is 11.6 Å². The molecule has 2 nitrogen and oxygen atoms in total. The second kappa shape index (κ2) is 4.91. The molecule has 1 rings (SSSR count). The smallest absolute Gasteiger partial charge is 0.247 e. The molecule has 0 bridgehead atoms. The van der Waals surface area contributed by atoms with Gasteiger partial charge in [0.25, 0.3) is 0 Å². The van der Waals surface area contributed by atoms with Gasteiger partial charge < -0.3 is 5.73 Å². The van der Waals surface area contributed by atoms with Crippen LogP contribution in [0.25, 0.3) is 0 Å². The minimum absolute atomic E-state index is 0.253. The molecule has 0 unspecified atom stereocenters. The quantitative estimate of drug-likeness (QED) is 0.610. The number of benzene rings is 1. The third-order valence-electron chi connectivity index (χ3n) is 1.45. The first-order chi connectivity index (χ1) is 6.13. The van der Waals surface area contributed by atoms with Crippen LogP contribution in [0.1, 0.15) is 5.56 Å². The Kier molecular flexibility index (Phi) is 4.12. The van der Waals surface area contributed by atoms with Crippen molar-refractivity contribution in [2.45, 2.75) is 11.4 Å². The third-order valence-corrected chi connectivity index (χ3v) is 2.74. The van der Waals surface area contributed by atoms with Gasteiger partial charge in [0.2, 0.25) is 4.45 Å². The summed E-state index contributed by atoms with van der Waals surface area (Å²) >= 11 is 10.6. The van der Waals surface area contributed by atoms with Crippen molar-refractivity contribution < 1.29 is 4.79 Å². The van der Waals surface area contributed by atoms with Gasteiger partial charge in [-0.1, -0.05) is 30.3 Å². The molecule has 0 atom stereocenters. The second-order valence-electron chi connectivity index (χ2n) is 2.33. The number of rotatable bonds is 2. The van der Waals surface area contributed by atoms with Crippen molar-refractivity contribution in [3.8, 4) is 0 Å². The molecule has 0 saturated carbocycles. The summed E-state index contributed by atoms with van der Waals surface area (Å²) in [6, 6.07) is 5.32. The van der Waals surface area contributed by atoms with Crippen molar-refractivity contribution in [1.82, 2.24) is 0 Å². The minimum atomic E-state index is -0.253. The van der Waals surface area contributed by atoms with Gasteiger partial charge >= 0.3 is 0 Å². The van der Waals surface area contributed by atoms with Gasteiger partial charge in [-0.3, -0.25) is 4.79 Å². The van der Waals surface area contributed by atoms with E-state index in [1.54, 1.807) is 18.2 Å². The predicted octanol–water partition coefficient (Wildman–Crippen LogP) is 2.94. The Labute approximate surface area is 91.2 Å². The van der Waals surface area contributed by atoms with Crippen molar-refractivity contribution >= 4 is 40.4 Å². The fourth-order valence-corrected chi connectivity index (χ4v) is 2.01. The first kappa shape index (κ1) is 10.9. The molecule has 0 aliphatic heterocycles. The van der Waals surface area contributed by atoms with Gasteiger partial charge in [0, 0.05) is 16.5 Å². The van der Waals surface area contributed by atoms with Gasteiger partial charge in [-0.2, -0.15) is 0 Å². The zero-order valence-electron chi connectivity index (χ0n) is 6.66. The lowest BCUT2D eigenvalue weighted by Crippen LogP contribution is -1.96. The van der Waals surface area contributed by atoms with Crippen LogP contribution in [0.3, 0.4) is 0 Å². The van der Waals surface area contributed by atoms with E-state index in [1.807, 2.05) is 0 Å². The number of carbonyl (C=O) groups excluding carboxylic acids is 1. The first-order valence-corrected chi connectivity index (χ1v) is 5.17. The van der Waals surface area contributed by atoms with Gasteiger partial charge in [0.15, 0.2) is 0 Å². The highest BCUT2D eigenvalue weighted by atomic mass is 35.5. The van der Waals surface area contributed by atoms with Crippen LogP contribution < -0.4 is 5.73 Å². The lowest BCUT2D eigenvalue weighted by atomic mass is 10.2. The summed E-state index contributed by atoms with van der Waals surface area (Å²) in [5.41, 5.74) is 6.30. The molecule has 2 N–H and O–H groups in total. The molecule has 5 heteroatoms. The molecule has 0 spiro atoms. The summed E-state index contributed by atoms with van der Waals surface area (Å²) in [4.78, 5) is 11.4. The molecular formula is C8H8ClNOS2. The maximum atomic E-state index is 10.6. The van der Waals surface area contributed by atoms with Gasteiger partial charge in [0.05, 0.1) is 0 Å². The maximum Gasteiger partial charge on any atom is 0.247 e. The van der Waals surface area contributed by atoms with Crippen molar-refractivity contribution in [2.24, 2.45) is 5.73 Å². The number of thiol groups is 1. The van der Waals surface area contributed by atoms with E-state index in [1.165, 1.54) is 0 Å². The summed E-state index contributed by atoms with van der Waals surface area (Å²) < 4.78 is -0.253. The highest BCUT2D eigenvalue weighted by molar-refractivity contribution is 8.32. The van der Waals surface area contributed by atoms with Crippen molar-refractivity contribution in [3.63, 3.8) is 0 Å². The van der Waals surface area contributed by atoms with Crippen LogP contribution in [0.15, 0.2) is 23.1 Å². The third kappa shape index (κ3) is 3.23. The molecule has 0 radical (unpaired) electrons. The standard InChI is InChI=1S/C8H8ClNOS2/c9-7-3-6(13-8(11)12)2-1-5(7)4-10/h1-3H,4,10H2,(H,11,12). The van der Waals surface area contributed by atoms with Gasteiger partial charge in [-0.25, -0.2) is 0 Å². The van der Waals surface area contributed by atoms with Crippen LogP contribution in [0.2, 0.25) is 5.02 Å². The highest BCUT2D eigenvalue weighted by Crippen LogP contribution is 2.26. The van der Waals surface area contributed by atoms with Crippen molar-refractivity contribution in [3.05, 3.63) is 28.8 Å². The summed E-state index contributed by atoms with van der Waals surface area (Å²) in [5.74, 6) is 0. The zero-order chi connectivity index (χ0) is 9.84. The highest BCUT2D eigenvalue weighted by Gasteiger charge is 2.03. The fourth-order valence-electron chi connectivity index (χ4n) is 0.858. The molecule has 0 saturated heterocycles. The Morgan fingerprint density at radius 2 is 2.31 bits per heavy atom. The predicted molar refractivity (Wildman–Crippen MR) is 59.6 cm³/mol. The zero-order valence-corrected chi connectivity index (χ0v) is 9.13. The molecule has 1 aromatic rings. The number of hydrogen-bond acceptors (Lipinski definition) is 3. The van der Waals surface area contributed by atoms with Crippen LogP contribution in [0, 0.1) is 0 Å². The van der Waals surface area contributed by atoms with Crippen LogP contribution in [-0.2, 0) is 6.54 Å². The lowest BCUT2D eigenvalue weighted by Gasteiger charge is -2.02. The van der Waals surface area contributed by atoms with E-state index in [2.05, 4.69) is 12.6 Å². The number of nitrogens with two attached hydrogens (primary N) is 1. The summed E-state index contributed by atoms with van der Waals surface area (Å²) in [5, 5.41) is 0.585. The summed E-state index contributed by atoms with van der Waals surface area (Å²) in [7, 11) is 0. The number of halogens is 1. The molecule has 0 fully saturated rings. The van der Waals surface area contributed by atoms with E-state index < -0.39 is 0 Å². The molecule has 70 valence electrons. The van der Waals surface area contributed by atoms with Gasteiger partial charge in [-0.15, -0.1) is 0 Å². The van der Waals surface area contributed by atoms with Crippen molar-refractivity contribution in [2.75, 3.05) is 0 Å². The molecule has 1 aromatic carbocycles. The Balaban J connectivity index is 2.89. The number of hydrogen-bond donors (Lipinski definition) is 2. The van der Waals surface area contributed by atoms with Crippen LogP contribution >= 0.6 is 36.0 Å². The molecule has 0 heterocycles. The monoisotopic (exact) mass is 233 g/mol. The number of carbonyl (C=O) groups is 1. The molecular weight excluding hydrogens is 226 g/mol. The normalized spacial score (nSPS) is 10.1. The van der Waals surface area contributed by atoms with E-state index in [0.717, 1.165) is 22.2 Å². The van der Waals surface area contributed by atoms with Crippen LogP contribution in [-0.4, -0.2) is 4.45 Å². The largest absolute Gasteiger partial charge is 0.326 e. The van der Waals surface area contributed by atoms with Crippen LogP contribution in [0.4, 0.5) is 4.79 Å². The Morgan fingerprint density at radius 3 is 2.77 bits per heavy atom. The summed E-state index contributed by atoms with van der Waals surface area (Å²) in [6.45, 7) is 0.401. The summed E-state index contributed by atoms with van der Waals surface area (Å²) in [6.07, 6.45) is 0. The Bertz CT molecular complexity index is 330. The van der Waals surface area contributed by atoms with E-state index in [4.69, 9.17) is 17.3 Å². The average molecular weight is 234 g/mol. The van der Waals surface area contributed by atoms with E-state index >= 15 is 0 Å². The molecule has 0 aliphatic rings. The molecule has 0 aliphatic carbocycles. The minimum Gasteiger partial charge on any atom is -0.326 e.